The number of hydrogen-bond donors (Lipinski definition) is 0. The van der Waals surface area contributed by atoms with E-state index in [1.54, 1.807) is 6.20 Å². The molecule has 0 amide bonds. The lowest BCUT2D eigenvalue weighted by molar-refractivity contribution is 0.251. The summed E-state index contributed by atoms with van der Waals surface area (Å²) in [4.78, 5) is 7.73. The molecule has 2 aromatic rings. The molecule has 2 atom stereocenters. The van der Waals surface area contributed by atoms with E-state index in [1.807, 2.05) is 30.5 Å². The maximum Gasteiger partial charge on any atom is 0.177 e. The zero-order valence-electron chi connectivity index (χ0n) is 14.5. The van der Waals surface area contributed by atoms with Crippen LogP contribution in [0.15, 0.2) is 53.7 Å². The van der Waals surface area contributed by atoms with E-state index in [9.17, 15) is 4.55 Å². The average molecular weight is 356 g/mol. The molecule has 3 heterocycles. The molecule has 2 aliphatic heterocycles. The first-order valence-electron chi connectivity index (χ1n) is 9.19. The maximum atomic E-state index is 13.2. The fraction of sp³-hybridized carbons (Fsp3) is 0.450. The van der Waals surface area contributed by atoms with Crippen molar-refractivity contribution in [2.75, 3.05) is 26.2 Å². The Balaban J connectivity index is 1.48. The minimum atomic E-state index is -1.08. The first kappa shape index (κ1) is 17.0. The quantitative estimate of drug-likeness (QED) is 0.774. The SMILES string of the molecule is [O-][S+](c1ccccc1Cc1cccnc1)N1CCC(N2CCCC2)C1. The van der Waals surface area contributed by atoms with Crippen LogP contribution in [-0.4, -0.2) is 51.0 Å². The Morgan fingerprint density at radius 2 is 1.92 bits per heavy atom. The number of hydrogen-bond acceptors (Lipinski definition) is 4. The second-order valence-corrected chi connectivity index (χ2v) is 8.42. The Morgan fingerprint density at radius 1 is 1.08 bits per heavy atom. The number of pyridine rings is 1. The van der Waals surface area contributed by atoms with E-state index >= 15 is 0 Å². The van der Waals surface area contributed by atoms with E-state index < -0.39 is 11.4 Å². The molecule has 0 saturated carbocycles. The number of benzene rings is 1. The van der Waals surface area contributed by atoms with Gasteiger partial charge < -0.3 is 4.55 Å². The summed E-state index contributed by atoms with van der Waals surface area (Å²) in [5.74, 6) is 0. The Hall–Kier alpha value is -1.40. The predicted molar refractivity (Wildman–Crippen MR) is 101 cm³/mol. The summed E-state index contributed by atoms with van der Waals surface area (Å²) in [5.41, 5.74) is 2.29. The van der Waals surface area contributed by atoms with Crippen LogP contribution in [0.3, 0.4) is 0 Å². The van der Waals surface area contributed by atoms with Crippen molar-refractivity contribution in [2.45, 2.75) is 36.6 Å². The Kier molecular flexibility index (Phi) is 5.36. The van der Waals surface area contributed by atoms with Gasteiger partial charge in [-0.2, -0.15) is 0 Å². The van der Waals surface area contributed by atoms with Crippen LogP contribution < -0.4 is 0 Å². The molecule has 0 N–H and O–H groups in total. The van der Waals surface area contributed by atoms with E-state index in [4.69, 9.17) is 0 Å². The smallest absolute Gasteiger partial charge is 0.177 e. The van der Waals surface area contributed by atoms with Gasteiger partial charge in [0.05, 0.1) is 17.9 Å². The highest BCUT2D eigenvalue weighted by atomic mass is 32.2. The van der Waals surface area contributed by atoms with Gasteiger partial charge in [0.15, 0.2) is 4.90 Å². The Morgan fingerprint density at radius 3 is 2.72 bits per heavy atom. The molecule has 2 unspecified atom stereocenters. The van der Waals surface area contributed by atoms with Gasteiger partial charge in [-0.15, -0.1) is 4.31 Å². The Labute approximate surface area is 153 Å². The lowest BCUT2D eigenvalue weighted by Crippen LogP contribution is -2.37. The van der Waals surface area contributed by atoms with Crippen LogP contribution in [0.25, 0.3) is 0 Å². The third-order valence-electron chi connectivity index (χ3n) is 5.30. The molecule has 0 radical (unpaired) electrons. The van der Waals surface area contributed by atoms with Crippen LogP contribution in [-0.2, 0) is 17.8 Å². The van der Waals surface area contributed by atoms with Gasteiger partial charge in [-0.25, -0.2) is 0 Å². The molecule has 1 aromatic heterocycles. The highest BCUT2D eigenvalue weighted by Gasteiger charge is 2.36. The number of likely N-dealkylation sites (tertiary alicyclic amines) is 1. The van der Waals surface area contributed by atoms with Crippen LogP contribution in [0.2, 0.25) is 0 Å². The summed E-state index contributed by atoms with van der Waals surface area (Å²) in [6.07, 6.45) is 8.21. The fourth-order valence-electron chi connectivity index (χ4n) is 3.95. The van der Waals surface area contributed by atoms with Crippen molar-refractivity contribution in [3.05, 3.63) is 59.9 Å². The molecule has 132 valence electrons. The molecular formula is C20H25N3OS. The van der Waals surface area contributed by atoms with Crippen molar-refractivity contribution < 1.29 is 4.55 Å². The van der Waals surface area contributed by atoms with Gasteiger partial charge in [0, 0.05) is 37.0 Å². The van der Waals surface area contributed by atoms with Gasteiger partial charge in [0.25, 0.3) is 0 Å². The molecule has 1 aromatic carbocycles. The monoisotopic (exact) mass is 355 g/mol. The summed E-state index contributed by atoms with van der Waals surface area (Å²) in [6.45, 7) is 4.27. The number of rotatable bonds is 5. The fourth-order valence-corrected chi connectivity index (χ4v) is 5.36. The van der Waals surface area contributed by atoms with E-state index in [1.165, 1.54) is 25.9 Å². The van der Waals surface area contributed by atoms with Gasteiger partial charge in [0.1, 0.15) is 0 Å². The van der Waals surface area contributed by atoms with Crippen LogP contribution in [0.1, 0.15) is 30.4 Å². The first-order chi connectivity index (χ1) is 12.3. The minimum absolute atomic E-state index is 0.580. The zero-order chi connectivity index (χ0) is 17.1. The number of aromatic nitrogens is 1. The zero-order valence-corrected chi connectivity index (χ0v) is 15.3. The molecule has 2 saturated heterocycles. The van der Waals surface area contributed by atoms with Gasteiger partial charge in [-0.3, -0.25) is 9.88 Å². The molecule has 4 nitrogen and oxygen atoms in total. The van der Waals surface area contributed by atoms with Gasteiger partial charge in [-0.05, 0) is 50.0 Å². The van der Waals surface area contributed by atoms with Gasteiger partial charge in [-0.1, -0.05) is 24.3 Å². The van der Waals surface area contributed by atoms with E-state index in [-0.39, 0.29) is 0 Å². The number of nitrogens with zero attached hydrogens (tertiary/aromatic N) is 3. The predicted octanol–water partition coefficient (Wildman–Crippen LogP) is 2.87. The average Bonchev–Trinajstić information content (AvgIpc) is 3.34. The van der Waals surface area contributed by atoms with E-state index in [2.05, 4.69) is 26.3 Å². The molecule has 25 heavy (non-hydrogen) atoms. The molecule has 0 bridgehead atoms. The largest absolute Gasteiger partial charge is 0.593 e. The second kappa shape index (κ2) is 7.87. The highest BCUT2D eigenvalue weighted by molar-refractivity contribution is 7.89. The van der Waals surface area contributed by atoms with Crippen molar-refractivity contribution in [1.29, 1.82) is 0 Å². The topological polar surface area (TPSA) is 42.4 Å². The van der Waals surface area contributed by atoms with Crippen molar-refractivity contribution >= 4 is 11.4 Å². The van der Waals surface area contributed by atoms with Crippen LogP contribution in [0, 0.1) is 0 Å². The molecule has 0 aliphatic carbocycles. The minimum Gasteiger partial charge on any atom is -0.593 e. The molecular weight excluding hydrogens is 330 g/mol. The summed E-state index contributed by atoms with van der Waals surface area (Å²) in [5, 5.41) is 0. The van der Waals surface area contributed by atoms with Gasteiger partial charge in [0.2, 0.25) is 0 Å². The third-order valence-corrected chi connectivity index (χ3v) is 6.87. The maximum absolute atomic E-state index is 13.2. The Bertz CT molecular complexity index is 690. The van der Waals surface area contributed by atoms with Gasteiger partial charge >= 0.3 is 0 Å². The van der Waals surface area contributed by atoms with Crippen molar-refractivity contribution in [1.82, 2.24) is 14.2 Å². The van der Waals surface area contributed by atoms with Crippen LogP contribution in [0.4, 0.5) is 0 Å². The lowest BCUT2D eigenvalue weighted by atomic mass is 10.1. The first-order valence-corrected chi connectivity index (χ1v) is 10.3. The highest BCUT2D eigenvalue weighted by Crippen LogP contribution is 2.28. The van der Waals surface area contributed by atoms with E-state index in [0.29, 0.717) is 6.04 Å². The molecule has 2 fully saturated rings. The van der Waals surface area contributed by atoms with Crippen molar-refractivity contribution in [3.63, 3.8) is 0 Å². The normalized spacial score (nSPS) is 23.2. The van der Waals surface area contributed by atoms with E-state index in [0.717, 1.165) is 42.0 Å². The van der Waals surface area contributed by atoms with Crippen LogP contribution >= 0.6 is 0 Å². The lowest BCUT2D eigenvalue weighted by Gasteiger charge is -2.24. The van der Waals surface area contributed by atoms with Crippen molar-refractivity contribution in [2.24, 2.45) is 0 Å². The summed E-state index contributed by atoms with van der Waals surface area (Å²) >= 11 is -1.08. The summed E-state index contributed by atoms with van der Waals surface area (Å²) < 4.78 is 15.4. The standard InChI is InChI=1S/C20H25N3OS/c24-25(23-13-9-19(16-23)22-11-3-4-12-22)20-8-2-1-7-18(20)14-17-6-5-10-21-15-17/h1-2,5-8,10,15,19H,3-4,9,11-14,16H2. The second-order valence-electron chi connectivity index (χ2n) is 6.97. The van der Waals surface area contributed by atoms with Crippen LogP contribution in [0.5, 0.6) is 0 Å². The summed E-state index contributed by atoms with van der Waals surface area (Å²) in [6, 6.07) is 12.7. The molecule has 0 spiro atoms. The third kappa shape index (κ3) is 3.90. The molecule has 5 heteroatoms. The molecule has 2 aliphatic rings. The summed E-state index contributed by atoms with van der Waals surface area (Å²) in [7, 11) is 0. The molecule has 4 rings (SSSR count). The van der Waals surface area contributed by atoms with Crippen molar-refractivity contribution in [3.8, 4) is 0 Å².